The van der Waals surface area contributed by atoms with E-state index in [0.717, 1.165) is 28.9 Å². The van der Waals surface area contributed by atoms with Crippen molar-refractivity contribution in [3.8, 4) is 0 Å². The molecule has 0 fully saturated rings. The number of allylic oxidation sites excluding steroid dienone is 2. The number of pyridine rings is 1. The molecule has 2 aromatic heterocycles. The molecular weight excluding hydrogens is 328 g/mol. The molecule has 1 aliphatic carbocycles. The summed E-state index contributed by atoms with van der Waals surface area (Å²) in [5.41, 5.74) is 1.62. The first-order chi connectivity index (χ1) is 12.1. The van der Waals surface area contributed by atoms with Gasteiger partial charge in [-0.25, -0.2) is 9.97 Å². The summed E-state index contributed by atoms with van der Waals surface area (Å²) in [6, 6.07) is 3.80. The zero-order valence-corrected chi connectivity index (χ0v) is 16.0. The van der Waals surface area contributed by atoms with Crippen molar-refractivity contribution >= 4 is 23.0 Å². The van der Waals surface area contributed by atoms with Crippen LogP contribution in [0.4, 0.5) is 5.95 Å². The number of fused-ring (bicyclic) bond motifs is 1. The van der Waals surface area contributed by atoms with Crippen LogP contribution in [0.25, 0.3) is 11.2 Å². The number of nitrogens with one attached hydrogen (secondary N) is 1. The molecule has 1 aliphatic rings. The van der Waals surface area contributed by atoms with Gasteiger partial charge < -0.3 is 5.11 Å². The molecule has 0 aliphatic heterocycles. The lowest BCUT2D eigenvalue weighted by molar-refractivity contribution is -0.119. The van der Waals surface area contributed by atoms with Crippen LogP contribution in [0.3, 0.4) is 0 Å². The van der Waals surface area contributed by atoms with Crippen molar-refractivity contribution in [2.24, 2.45) is 0 Å². The maximum Gasteiger partial charge on any atom is 0.229 e. The van der Waals surface area contributed by atoms with Gasteiger partial charge in [0.05, 0.1) is 12.0 Å². The average molecular weight is 354 g/mol. The highest BCUT2D eigenvalue weighted by atomic mass is 16.3. The minimum absolute atomic E-state index is 0.0387. The summed E-state index contributed by atoms with van der Waals surface area (Å²) in [6.07, 6.45) is 6.52. The predicted octanol–water partition coefficient (Wildman–Crippen LogP) is 3.46. The molecule has 2 heterocycles. The maximum absolute atomic E-state index is 12.6. The van der Waals surface area contributed by atoms with Crippen LogP contribution in [0.15, 0.2) is 35.9 Å². The minimum Gasteiger partial charge on any atom is -0.385 e. The smallest absolute Gasteiger partial charge is 0.229 e. The van der Waals surface area contributed by atoms with Gasteiger partial charge in [-0.3, -0.25) is 14.7 Å². The fourth-order valence-electron chi connectivity index (χ4n) is 3.21. The quantitative estimate of drug-likeness (QED) is 0.881. The highest BCUT2D eigenvalue weighted by Crippen LogP contribution is 2.29. The fraction of sp³-hybridized carbons (Fsp3) is 0.450. The number of aromatic nitrogens is 3. The fourth-order valence-corrected chi connectivity index (χ4v) is 3.21. The number of nitrogens with zero attached hydrogens (tertiary/aromatic N) is 3. The Bertz CT molecular complexity index is 914. The van der Waals surface area contributed by atoms with Gasteiger partial charge >= 0.3 is 0 Å². The van der Waals surface area contributed by atoms with Crippen LogP contribution in [0.2, 0.25) is 0 Å². The highest BCUT2D eigenvalue weighted by Gasteiger charge is 2.30. The van der Waals surface area contributed by atoms with Gasteiger partial charge in [-0.2, -0.15) is 0 Å². The molecule has 2 N–H and O–H groups in total. The summed E-state index contributed by atoms with van der Waals surface area (Å²) in [7, 11) is 0. The minimum atomic E-state index is -1.20. The van der Waals surface area contributed by atoms with Gasteiger partial charge in [0.15, 0.2) is 5.65 Å². The number of carbonyl (C=O) groups excluding carboxylic acids is 1. The van der Waals surface area contributed by atoms with Gasteiger partial charge in [0.1, 0.15) is 5.52 Å². The van der Waals surface area contributed by atoms with Crippen molar-refractivity contribution in [2.75, 3.05) is 5.32 Å². The van der Waals surface area contributed by atoms with E-state index >= 15 is 0 Å². The number of amides is 1. The van der Waals surface area contributed by atoms with Crippen LogP contribution in [-0.2, 0) is 10.3 Å². The van der Waals surface area contributed by atoms with Gasteiger partial charge in [0, 0.05) is 11.2 Å². The summed E-state index contributed by atoms with van der Waals surface area (Å²) in [5.74, 6) is 0.163. The van der Waals surface area contributed by atoms with Crippen molar-refractivity contribution in [1.29, 1.82) is 0 Å². The second-order valence-electron chi connectivity index (χ2n) is 8.03. The Morgan fingerprint density at radius 2 is 2.00 bits per heavy atom. The Morgan fingerprint density at radius 3 is 2.62 bits per heavy atom. The lowest BCUT2D eigenvalue weighted by Gasteiger charge is -2.26. The standard InChI is InChI=1S/C20H26N4O2/c1-13-10-11-15-17(21-13)24(19(2,3)4)18(22-15)23-16(25)12-20(5,26)14-8-6-7-9-14/h6,8-11,26H,7,12H2,1-5H3,(H,22,23,25)/t20-/m0/s1. The van der Waals surface area contributed by atoms with Gasteiger partial charge in [-0.05, 0) is 58.7 Å². The van der Waals surface area contributed by atoms with E-state index in [1.165, 1.54) is 0 Å². The van der Waals surface area contributed by atoms with E-state index in [-0.39, 0.29) is 17.9 Å². The lowest BCUT2D eigenvalue weighted by atomic mass is 9.92. The largest absolute Gasteiger partial charge is 0.385 e. The molecule has 0 unspecified atom stereocenters. The average Bonchev–Trinajstić information content (AvgIpc) is 3.12. The SMILES string of the molecule is Cc1ccc2nc(NC(=O)C[C@](C)(O)C3=CCC=C3)n(C(C)(C)C)c2n1. The third kappa shape index (κ3) is 3.55. The zero-order chi connectivity index (χ0) is 19.1. The third-order valence-electron chi connectivity index (χ3n) is 4.46. The summed E-state index contributed by atoms with van der Waals surface area (Å²) in [4.78, 5) is 21.7. The number of imidazole rings is 1. The van der Waals surface area contributed by atoms with Gasteiger partial charge in [0.25, 0.3) is 0 Å². The van der Waals surface area contributed by atoms with E-state index in [1.807, 2.05) is 62.6 Å². The van der Waals surface area contributed by atoms with E-state index < -0.39 is 5.60 Å². The molecule has 6 nitrogen and oxygen atoms in total. The number of hydrogen-bond acceptors (Lipinski definition) is 4. The molecule has 6 heteroatoms. The summed E-state index contributed by atoms with van der Waals surface area (Å²) < 4.78 is 1.93. The number of aryl methyl sites for hydroxylation is 1. The van der Waals surface area contributed by atoms with Gasteiger partial charge in [-0.15, -0.1) is 0 Å². The van der Waals surface area contributed by atoms with Crippen molar-refractivity contribution in [3.05, 3.63) is 41.6 Å². The first kappa shape index (κ1) is 18.3. The summed E-state index contributed by atoms with van der Waals surface area (Å²) in [5, 5.41) is 13.5. The molecule has 26 heavy (non-hydrogen) atoms. The van der Waals surface area contributed by atoms with Crippen LogP contribution in [0.5, 0.6) is 0 Å². The molecule has 0 saturated carbocycles. The second-order valence-corrected chi connectivity index (χ2v) is 8.03. The van der Waals surface area contributed by atoms with E-state index in [2.05, 4.69) is 15.3 Å². The monoisotopic (exact) mass is 354 g/mol. The highest BCUT2D eigenvalue weighted by molar-refractivity contribution is 5.92. The summed E-state index contributed by atoms with van der Waals surface area (Å²) >= 11 is 0. The molecule has 138 valence electrons. The maximum atomic E-state index is 12.6. The predicted molar refractivity (Wildman–Crippen MR) is 103 cm³/mol. The summed E-state index contributed by atoms with van der Waals surface area (Å²) in [6.45, 7) is 9.71. The number of hydrogen-bond donors (Lipinski definition) is 2. The Balaban J connectivity index is 1.91. The molecular formula is C20H26N4O2. The normalized spacial score (nSPS) is 16.6. The van der Waals surface area contributed by atoms with Gasteiger partial charge in [0.2, 0.25) is 11.9 Å². The molecule has 0 aromatic carbocycles. The molecule has 0 radical (unpaired) electrons. The third-order valence-corrected chi connectivity index (χ3v) is 4.46. The van der Waals surface area contributed by atoms with Crippen LogP contribution in [0.1, 0.15) is 46.2 Å². The Morgan fingerprint density at radius 1 is 1.27 bits per heavy atom. The van der Waals surface area contributed by atoms with Gasteiger partial charge in [-0.1, -0.05) is 18.2 Å². The molecule has 2 aromatic rings. The molecule has 0 saturated heterocycles. The van der Waals surface area contributed by atoms with Crippen LogP contribution in [0, 0.1) is 6.92 Å². The topological polar surface area (TPSA) is 80.0 Å². The number of aliphatic hydroxyl groups is 1. The van der Waals surface area contributed by atoms with Crippen LogP contribution >= 0.6 is 0 Å². The van der Waals surface area contributed by atoms with Crippen LogP contribution in [-0.4, -0.2) is 31.1 Å². The van der Waals surface area contributed by atoms with E-state index in [9.17, 15) is 9.90 Å². The number of anilines is 1. The molecule has 0 bridgehead atoms. The Labute approximate surface area is 153 Å². The lowest BCUT2D eigenvalue weighted by Crippen LogP contribution is -2.33. The first-order valence-corrected chi connectivity index (χ1v) is 8.84. The first-order valence-electron chi connectivity index (χ1n) is 8.84. The molecule has 1 amide bonds. The molecule has 0 spiro atoms. The number of carbonyl (C=O) groups is 1. The Hall–Kier alpha value is -2.47. The van der Waals surface area contributed by atoms with Crippen molar-refractivity contribution in [2.45, 2.75) is 58.6 Å². The zero-order valence-electron chi connectivity index (χ0n) is 16.0. The second kappa shape index (κ2) is 6.36. The van der Waals surface area contributed by atoms with E-state index in [0.29, 0.717) is 5.95 Å². The van der Waals surface area contributed by atoms with Crippen molar-refractivity contribution in [1.82, 2.24) is 14.5 Å². The van der Waals surface area contributed by atoms with E-state index in [4.69, 9.17) is 0 Å². The molecule has 3 rings (SSSR count). The van der Waals surface area contributed by atoms with E-state index in [1.54, 1.807) is 6.92 Å². The van der Waals surface area contributed by atoms with Crippen molar-refractivity contribution < 1.29 is 9.90 Å². The number of rotatable bonds is 4. The van der Waals surface area contributed by atoms with Crippen molar-refractivity contribution in [3.63, 3.8) is 0 Å². The Kier molecular flexibility index (Phi) is 4.48. The molecule has 1 atom stereocenters. The van der Waals surface area contributed by atoms with Crippen LogP contribution < -0.4 is 5.32 Å².